The molecule has 0 amide bonds. The summed E-state index contributed by atoms with van der Waals surface area (Å²) in [6.45, 7) is 3.11. The summed E-state index contributed by atoms with van der Waals surface area (Å²) in [4.78, 5) is 0. The largest absolute Gasteiger partial charge is 0.400 e. The van der Waals surface area contributed by atoms with E-state index in [0.717, 1.165) is 33.5 Å². The second-order valence-corrected chi connectivity index (χ2v) is 1.22. The van der Waals surface area contributed by atoms with Crippen molar-refractivity contribution in [2.45, 2.75) is 0 Å². The minimum Gasteiger partial charge on any atom is -0.400 e. The standard InChI is InChI=1S/C4H8O2.CH4O.Cs/c1-2-6-4-3-5-1;1-2;/h1-4H2;2H,1H3;. The number of aliphatic hydroxyl groups excluding tert-OH is 1. The molecule has 51 valence electrons. The van der Waals surface area contributed by atoms with E-state index >= 15 is 0 Å². The molecule has 4 heteroatoms. The second kappa shape index (κ2) is 12.6. The molecule has 0 spiro atoms. The van der Waals surface area contributed by atoms with Gasteiger partial charge in [-0.15, -0.1) is 0 Å². The minimum absolute atomic E-state index is 0. The Morgan fingerprint density at radius 3 is 1.22 bits per heavy atom. The van der Waals surface area contributed by atoms with E-state index in [1.54, 1.807) is 0 Å². The summed E-state index contributed by atoms with van der Waals surface area (Å²) >= 11 is 0. The van der Waals surface area contributed by atoms with Crippen LogP contribution in [0, 0.1) is 0 Å². The van der Waals surface area contributed by atoms with Crippen LogP contribution >= 0.6 is 0 Å². The van der Waals surface area contributed by atoms with Gasteiger partial charge in [0.1, 0.15) is 0 Å². The maximum Gasteiger partial charge on any atom is 0.0701 e. The van der Waals surface area contributed by atoms with E-state index in [4.69, 9.17) is 14.6 Å². The average molecular weight is 253 g/mol. The predicted octanol–water partition coefficient (Wildman–Crippen LogP) is -0.739. The van der Waals surface area contributed by atoms with E-state index in [0.29, 0.717) is 0 Å². The van der Waals surface area contributed by atoms with Crippen LogP contribution < -0.4 is 0 Å². The molecule has 0 aromatic heterocycles. The summed E-state index contributed by atoms with van der Waals surface area (Å²) in [7, 11) is 1.00. The fraction of sp³-hybridized carbons (Fsp3) is 1.00. The Balaban J connectivity index is 0. The van der Waals surface area contributed by atoms with E-state index in [1.807, 2.05) is 0 Å². The van der Waals surface area contributed by atoms with Crippen molar-refractivity contribution in [2.75, 3.05) is 33.5 Å². The molecule has 0 aliphatic carbocycles. The van der Waals surface area contributed by atoms with Crippen LogP contribution in [-0.2, 0) is 9.47 Å². The van der Waals surface area contributed by atoms with Gasteiger partial charge in [-0.2, -0.15) is 0 Å². The smallest absolute Gasteiger partial charge is 0.0701 e. The molecule has 3 nitrogen and oxygen atoms in total. The number of ether oxygens (including phenoxy) is 2. The van der Waals surface area contributed by atoms with Crippen molar-refractivity contribution in [2.24, 2.45) is 0 Å². The van der Waals surface area contributed by atoms with Gasteiger partial charge in [-0.3, -0.25) is 0 Å². The number of rotatable bonds is 0. The van der Waals surface area contributed by atoms with Crippen LogP contribution in [0.15, 0.2) is 0 Å². The molecule has 0 aromatic rings. The molecule has 0 aromatic carbocycles. The van der Waals surface area contributed by atoms with Crippen LogP contribution in [0.4, 0.5) is 0 Å². The Labute approximate surface area is 115 Å². The molecule has 0 saturated carbocycles. The zero-order valence-electron chi connectivity index (χ0n) is 6.09. The van der Waals surface area contributed by atoms with Crippen molar-refractivity contribution < 1.29 is 14.6 Å². The molecule has 0 bridgehead atoms. The Hall–Kier alpha value is 1.93. The van der Waals surface area contributed by atoms with Crippen LogP contribution in [0.3, 0.4) is 0 Å². The fourth-order valence-electron chi connectivity index (χ4n) is 0.440. The average Bonchev–Trinajstić information content (AvgIpc) is 1.96. The molecule has 1 heterocycles. The van der Waals surface area contributed by atoms with E-state index in [2.05, 4.69) is 0 Å². The number of hydrogen-bond donors (Lipinski definition) is 1. The molecular weight excluding hydrogens is 241 g/mol. The molecule has 0 unspecified atom stereocenters. The summed E-state index contributed by atoms with van der Waals surface area (Å²) in [5, 5.41) is 7.00. The zero-order chi connectivity index (χ0) is 6.24. The SMILES string of the molecule is C1COCCO1.CO.[Cs]. The van der Waals surface area contributed by atoms with Gasteiger partial charge in [0.15, 0.2) is 0 Å². The first-order valence-corrected chi connectivity index (χ1v) is 2.60. The number of aliphatic hydroxyl groups is 1. The summed E-state index contributed by atoms with van der Waals surface area (Å²) < 4.78 is 9.89. The van der Waals surface area contributed by atoms with Gasteiger partial charge in [0.2, 0.25) is 0 Å². The number of hydrogen-bond acceptors (Lipinski definition) is 3. The van der Waals surface area contributed by atoms with Crippen LogP contribution in [0.2, 0.25) is 0 Å². The Morgan fingerprint density at radius 1 is 0.889 bits per heavy atom. The van der Waals surface area contributed by atoms with E-state index in [-0.39, 0.29) is 68.9 Å². The van der Waals surface area contributed by atoms with Crippen molar-refractivity contribution in [1.29, 1.82) is 0 Å². The summed E-state index contributed by atoms with van der Waals surface area (Å²) in [6, 6.07) is 0. The Morgan fingerprint density at radius 2 is 1.11 bits per heavy atom. The van der Waals surface area contributed by atoms with E-state index in [9.17, 15) is 0 Å². The second-order valence-electron chi connectivity index (χ2n) is 1.22. The molecule has 1 fully saturated rings. The molecular formula is C5H12CsO3. The molecule has 1 aliphatic rings. The zero-order valence-corrected chi connectivity index (χ0v) is 12.4. The molecule has 9 heavy (non-hydrogen) atoms. The Bertz CT molecular complexity index is 27.7. The molecule has 1 aliphatic heterocycles. The van der Waals surface area contributed by atoms with Gasteiger partial charge in [-0.05, 0) is 0 Å². The van der Waals surface area contributed by atoms with Crippen molar-refractivity contribution in [3.63, 3.8) is 0 Å². The maximum absolute atomic E-state index is 7.00. The van der Waals surface area contributed by atoms with Crippen LogP contribution in [0.1, 0.15) is 0 Å². The summed E-state index contributed by atoms with van der Waals surface area (Å²) in [6.07, 6.45) is 0. The normalized spacial score (nSPS) is 16.7. The predicted molar refractivity (Wildman–Crippen MR) is 35.5 cm³/mol. The quantitative estimate of drug-likeness (QED) is 0.618. The van der Waals surface area contributed by atoms with Gasteiger partial charge in [0, 0.05) is 76.0 Å². The Kier molecular flexibility index (Phi) is 18.9. The summed E-state index contributed by atoms with van der Waals surface area (Å²) in [5.74, 6) is 0. The monoisotopic (exact) mass is 253 g/mol. The van der Waals surface area contributed by atoms with Crippen LogP contribution in [0.5, 0.6) is 0 Å². The van der Waals surface area contributed by atoms with Gasteiger partial charge in [-0.25, -0.2) is 0 Å². The molecule has 1 saturated heterocycles. The van der Waals surface area contributed by atoms with Crippen molar-refractivity contribution in [3.8, 4) is 0 Å². The van der Waals surface area contributed by atoms with Gasteiger partial charge < -0.3 is 14.6 Å². The molecule has 1 N–H and O–H groups in total. The molecule has 0 atom stereocenters. The molecule has 1 rings (SSSR count). The first-order valence-electron chi connectivity index (χ1n) is 2.60. The van der Waals surface area contributed by atoms with Gasteiger partial charge >= 0.3 is 0 Å². The first-order chi connectivity index (χ1) is 4.00. The molecule has 1 radical (unpaired) electrons. The van der Waals surface area contributed by atoms with Crippen molar-refractivity contribution in [3.05, 3.63) is 0 Å². The van der Waals surface area contributed by atoms with Crippen molar-refractivity contribution >= 4 is 68.9 Å². The third-order valence-corrected chi connectivity index (χ3v) is 0.744. The summed E-state index contributed by atoms with van der Waals surface area (Å²) in [5.41, 5.74) is 0. The maximum atomic E-state index is 7.00. The first kappa shape index (κ1) is 13.5. The topological polar surface area (TPSA) is 38.7 Å². The van der Waals surface area contributed by atoms with Crippen LogP contribution in [-0.4, -0.2) is 108 Å². The van der Waals surface area contributed by atoms with Crippen molar-refractivity contribution in [1.82, 2.24) is 0 Å². The third kappa shape index (κ3) is 9.93. The van der Waals surface area contributed by atoms with Gasteiger partial charge in [-0.1, -0.05) is 0 Å². The van der Waals surface area contributed by atoms with Crippen LogP contribution in [0.25, 0.3) is 0 Å². The van der Waals surface area contributed by atoms with E-state index in [1.165, 1.54) is 0 Å². The van der Waals surface area contributed by atoms with E-state index < -0.39 is 0 Å². The van der Waals surface area contributed by atoms with Gasteiger partial charge in [0.25, 0.3) is 0 Å². The minimum atomic E-state index is 0. The van der Waals surface area contributed by atoms with Gasteiger partial charge in [0.05, 0.1) is 26.4 Å². The fourth-order valence-corrected chi connectivity index (χ4v) is 0.440. The third-order valence-electron chi connectivity index (χ3n) is 0.744.